The molecule has 0 saturated heterocycles. The summed E-state index contributed by atoms with van der Waals surface area (Å²) in [7, 11) is 0. The van der Waals surface area contributed by atoms with Gasteiger partial charge in [0.15, 0.2) is 0 Å². The van der Waals surface area contributed by atoms with Crippen molar-refractivity contribution in [3.63, 3.8) is 0 Å². The first-order chi connectivity index (χ1) is 18.2. The van der Waals surface area contributed by atoms with E-state index in [1.54, 1.807) is 0 Å². The maximum absolute atomic E-state index is 11.1. The number of nitrogens with zero attached hydrogens (tertiary/aromatic N) is 1. The van der Waals surface area contributed by atoms with Crippen LogP contribution in [0.2, 0.25) is 0 Å². The van der Waals surface area contributed by atoms with Crippen molar-refractivity contribution in [3.05, 3.63) is 120 Å². The molecule has 5 heteroatoms. The second-order valence-electron chi connectivity index (χ2n) is 10.2. The van der Waals surface area contributed by atoms with Gasteiger partial charge in [0.05, 0.1) is 11.4 Å². The fraction of sp³-hybridized carbons (Fsp3) is 0.333. The minimum atomic E-state index is 0.252. The second-order valence-corrected chi connectivity index (χ2v) is 10.2. The third-order valence-corrected chi connectivity index (χ3v) is 6.78. The number of rotatable bonds is 10. The van der Waals surface area contributed by atoms with Gasteiger partial charge in [-0.1, -0.05) is 56.7 Å². The van der Waals surface area contributed by atoms with Crippen LogP contribution < -0.4 is 16.0 Å². The van der Waals surface area contributed by atoms with E-state index in [2.05, 4.69) is 71.6 Å². The van der Waals surface area contributed by atoms with Gasteiger partial charge in [-0.2, -0.15) is 0 Å². The van der Waals surface area contributed by atoms with E-state index in [9.17, 15) is 4.79 Å². The lowest BCUT2D eigenvalue weighted by Gasteiger charge is -2.21. The van der Waals surface area contributed by atoms with Crippen molar-refractivity contribution in [1.82, 2.24) is 16.0 Å². The molecule has 1 heterocycles. The lowest BCUT2D eigenvalue weighted by molar-refractivity contribution is -0.104. The number of carbonyl (C=O) groups is 1. The van der Waals surface area contributed by atoms with Gasteiger partial charge in [-0.15, -0.1) is 0 Å². The fourth-order valence-electron chi connectivity index (χ4n) is 4.57. The topological polar surface area (TPSA) is 65.5 Å². The smallest absolute Gasteiger partial charge is 0.149 e. The molecule has 0 spiro atoms. The molecule has 38 heavy (non-hydrogen) atoms. The Balaban J connectivity index is 1.65. The van der Waals surface area contributed by atoms with Gasteiger partial charge in [0.2, 0.25) is 0 Å². The van der Waals surface area contributed by atoms with E-state index >= 15 is 0 Å². The molecule has 1 unspecified atom stereocenters. The van der Waals surface area contributed by atoms with Gasteiger partial charge in [0, 0.05) is 40.9 Å². The molecule has 0 fully saturated rings. The van der Waals surface area contributed by atoms with Gasteiger partial charge < -0.3 is 16.0 Å². The molecule has 3 rings (SSSR count). The zero-order valence-electron chi connectivity index (χ0n) is 23.0. The molecule has 0 radical (unpaired) electrons. The monoisotopic (exact) mass is 510 g/mol. The molecule has 200 valence electrons. The SMILES string of the molecule is C=C(C)N=C(/C=C(\C)C(=C)NC1C/C=C\C(C=O)=C/CCC1)C(=C)NCC1=CC2=C(CC=C1)CCC(=C)N2. The Hall–Kier alpha value is -3.86. The molecule has 3 aliphatic rings. The molecule has 5 nitrogen and oxygen atoms in total. The Morgan fingerprint density at radius 2 is 1.97 bits per heavy atom. The first-order valence-electron chi connectivity index (χ1n) is 13.4. The minimum Gasteiger partial charge on any atom is -0.382 e. The highest BCUT2D eigenvalue weighted by Gasteiger charge is 2.15. The predicted molar refractivity (Wildman–Crippen MR) is 161 cm³/mol. The molecule has 0 aromatic carbocycles. The van der Waals surface area contributed by atoms with Crippen molar-refractivity contribution >= 4 is 12.0 Å². The Bertz CT molecular complexity index is 1200. The lowest BCUT2D eigenvalue weighted by atomic mass is 9.99. The van der Waals surface area contributed by atoms with E-state index in [0.717, 1.165) is 85.2 Å². The maximum atomic E-state index is 11.1. The van der Waals surface area contributed by atoms with E-state index in [-0.39, 0.29) is 6.04 Å². The van der Waals surface area contributed by atoms with Crippen LogP contribution in [0.4, 0.5) is 0 Å². The van der Waals surface area contributed by atoms with E-state index in [1.807, 2.05) is 32.1 Å². The summed E-state index contributed by atoms with van der Waals surface area (Å²) in [4.78, 5) is 15.8. The van der Waals surface area contributed by atoms with Crippen molar-refractivity contribution < 1.29 is 4.79 Å². The third kappa shape index (κ3) is 8.91. The number of aldehydes is 1. The molecular formula is C33H42N4O. The number of hydrogen-bond acceptors (Lipinski definition) is 5. The Labute approximate surface area is 228 Å². The summed E-state index contributed by atoms with van der Waals surface area (Å²) in [6.07, 6.45) is 22.2. The molecule has 1 atom stereocenters. The molecule has 0 saturated carbocycles. The molecule has 3 N–H and O–H groups in total. The molecule has 0 amide bonds. The molecular weight excluding hydrogens is 468 g/mol. The highest BCUT2D eigenvalue weighted by atomic mass is 16.1. The maximum Gasteiger partial charge on any atom is 0.149 e. The summed E-state index contributed by atoms with van der Waals surface area (Å²) in [6, 6.07) is 0.252. The standard InChI is InChI=1S/C33H42N4O/c1-23(2)35-32(19-24(3)26(5)37-31-15-8-7-11-28(22-38)12-10-16-31)27(6)34-21-29-13-9-14-30-18-17-25(4)36-33(30)20-29/h9-13,19-20,22,31,34,36-37H,1,4-8,14-18,21H2,2-3H3/b12-10-,24-19+,28-11+,35-32?. The number of nitrogens with one attached hydrogen (secondary N) is 3. The van der Waals surface area contributed by atoms with E-state index in [0.29, 0.717) is 12.2 Å². The summed E-state index contributed by atoms with van der Waals surface area (Å²) in [5.41, 5.74) is 9.58. The summed E-state index contributed by atoms with van der Waals surface area (Å²) in [5.74, 6) is 0. The second kappa shape index (κ2) is 14.2. The Morgan fingerprint density at radius 1 is 1.16 bits per heavy atom. The average molecular weight is 511 g/mol. The number of aliphatic imine (C=N–C) groups is 1. The number of carbonyl (C=O) groups excluding carboxylic acids is 1. The zero-order valence-corrected chi connectivity index (χ0v) is 23.0. The molecule has 1 aliphatic heterocycles. The van der Waals surface area contributed by atoms with E-state index in [4.69, 9.17) is 0 Å². The predicted octanol–water partition coefficient (Wildman–Crippen LogP) is 6.78. The minimum absolute atomic E-state index is 0.252. The normalized spacial score (nSPS) is 22.7. The van der Waals surface area contributed by atoms with Crippen molar-refractivity contribution in [2.45, 2.75) is 64.8 Å². The van der Waals surface area contributed by atoms with E-state index < -0.39 is 0 Å². The van der Waals surface area contributed by atoms with Crippen LogP contribution in [0, 0.1) is 0 Å². The van der Waals surface area contributed by atoms with Crippen LogP contribution in [0.15, 0.2) is 125 Å². The fourth-order valence-corrected chi connectivity index (χ4v) is 4.57. The van der Waals surface area contributed by atoms with Crippen molar-refractivity contribution in [2.24, 2.45) is 4.99 Å². The summed E-state index contributed by atoms with van der Waals surface area (Å²) < 4.78 is 0. The van der Waals surface area contributed by atoms with Gasteiger partial charge in [0.1, 0.15) is 6.29 Å². The van der Waals surface area contributed by atoms with Crippen LogP contribution in [0.1, 0.15) is 58.8 Å². The van der Waals surface area contributed by atoms with Crippen molar-refractivity contribution in [2.75, 3.05) is 6.54 Å². The summed E-state index contributed by atoms with van der Waals surface area (Å²) >= 11 is 0. The largest absolute Gasteiger partial charge is 0.382 e. The number of allylic oxidation sites excluding steroid dienone is 10. The third-order valence-electron chi connectivity index (χ3n) is 6.78. The first-order valence-corrected chi connectivity index (χ1v) is 13.4. The van der Waals surface area contributed by atoms with E-state index in [1.165, 1.54) is 16.8 Å². The van der Waals surface area contributed by atoms with Crippen molar-refractivity contribution in [1.29, 1.82) is 0 Å². The summed E-state index contributed by atoms with van der Waals surface area (Å²) in [6.45, 7) is 21.2. The van der Waals surface area contributed by atoms with Crippen LogP contribution in [0.5, 0.6) is 0 Å². The quantitative estimate of drug-likeness (QED) is 0.172. The highest BCUT2D eigenvalue weighted by molar-refractivity contribution is 6.08. The molecule has 0 aromatic rings. The van der Waals surface area contributed by atoms with Crippen LogP contribution >= 0.6 is 0 Å². The van der Waals surface area contributed by atoms with Gasteiger partial charge in [-0.25, -0.2) is 0 Å². The Kier molecular flexibility index (Phi) is 10.7. The Morgan fingerprint density at radius 3 is 2.74 bits per heavy atom. The lowest BCUT2D eigenvalue weighted by Crippen LogP contribution is -2.28. The van der Waals surface area contributed by atoms with Gasteiger partial charge in [-0.05, 0) is 87.7 Å². The summed E-state index contributed by atoms with van der Waals surface area (Å²) in [5, 5.41) is 10.5. The van der Waals surface area contributed by atoms with Crippen LogP contribution in [-0.4, -0.2) is 24.6 Å². The average Bonchev–Trinajstić information content (AvgIpc) is 3.00. The first kappa shape index (κ1) is 28.7. The molecule has 2 aliphatic carbocycles. The number of hydrogen-bond donors (Lipinski definition) is 3. The van der Waals surface area contributed by atoms with Gasteiger partial charge in [-0.3, -0.25) is 9.79 Å². The van der Waals surface area contributed by atoms with Crippen LogP contribution in [-0.2, 0) is 4.79 Å². The van der Waals surface area contributed by atoms with Crippen LogP contribution in [0.3, 0.4) is 0 Å². The zero-order chi connectivity index (χ0) is 27.5. The van der Waals surface area contributed by atoms with Gasteiger partial charge in [0.25, 0.3) is 0 Å². The van der Waals surface area contributed by atoms with Crippen molar-refractivity contribution in [3.8, 4) is 0 Å². The molecule has 0 bridgehead atoms. The highest BCUT2D eigenvalue weighted by Crippen LogP contribution is 2.26. The molecule has 0 aromatic heterocycles. The van der Waals surface area contributed by atoms with Gasteiger partial charge >= 0.3 is 0 Å². The van der Waals surface area contributed by atoms with Crippen LogP contribution in [0.25, 0.3) is 0 Å².